The molecule has 0 bridgehead atoms. The van der Waals surface area contributed by atoms with Gasteiger partial charge in [-0.05, 0) is 61.2 Å². The Morgan fingerprint density at radius 1 is 0.953 bits per heavy atom. The van der Waals surface area contributed by atoms with Gasteiger partial charge in [0.1, 0.15) is 5.76 Å². The zero-order valence-electron chi connectivity index (χ0n) is 23.8. The number of carbonyl (C=O) groups is 3. The van der Waals surface area contributed by atoms with Crippen molar-refractivity contribution in [2.24, 2.45) is 0 Å². The summed E-state index contributed by atoms with van der Waals surface area (Å²) in [5, 5.41) is 11.8. The molecule has 3 aromatic rings. The fourth-order valence-corrected chi connectivity index (χ4v) is 7.91. The van der Waals surface area contributed by atoms with E-state index < -0.39 is 38.9 Å². The highest BCUT2D eigenvalue weighted by molar-refractivity contribution is 7.89. The second kappa shape index (κ2) is 11.1. The molecule has 43 heavy (non-hydrogen) atoms. The summed E-state index contributed by atoms with van der Waals surface area (Å²) in [6.45, 7) is 3.06. The first-order valence-electron chi connectivity index (χ1n) is 14.4. The predicted octanol–water partition coefficient (Wildman–Crippen LogP) is 3.79. The summed E-state index contributed by atoms with van der Waals surface area (Å²) in [5.74, 6) is -2.97. The number of sulfonamides is 1. The van der Waals surface area contributed by atoms with E-state index in [1.807, 2.05) is 6.92 Å². The Bertz CT molecular complexity index is 1730. The van der Waals surface area contributed by atoms with Gasteiger partial charge >= 0.3 is 0 Å². The number of carbonyl (C=O) groups excluding carboxylic acids is 3. The first-order valence-corrected chi connectivity index (χ1v) is 15.9. The molecule has 4 heterocycles. The molecule has 2 fully saturated rings. The first-order chi connectivity index (χ1) is 20.7. The third-order valence-corrected chi connectivity index (χ3v) is 10.3. The van der Waals surface area contributed by atoms with Crippen LogP contribution in [0.15, 0.2) is 83.5 Å². The molecule has 3 aliphatic heterocycles. The normalized spacial score (nSPS) is 22.0. The number of rotatable bonds is 7. The molecule has 222 valence electrons. The molecule has 1 atom stereocenters. The number of amides is 2. The quantitative estimate of drug-likeness (QED) is 0.248. The molecule has 0 radical (unpaired) electrons. The number of para-hydroxylation sites is 1. The number of hydrogen-bond acceptors (Lipinski definition) is 7. The monoisotopic (exact) mass is 600 g/mol. The zero-order valence-corrected chi connectivity index (χ0v) is 24.6. The molecule has 2 saturated heterocycles. The highest BCUT2D eigenvalue weighted by Gasteiger charge is 2.67. The summed E-state index contributed by atoms with van der Waals surface area (Å²) >= 11 is 0. The van der Waals surface area contributed by atoms with E-state index in [1.165, 1.54) is 33.5 Å². The standard InChI is InChI=1S/C32H32N4O6S/c1-2-17-35-26-11-5-4-10-25(26)32(31(35)40)27(29(38)30(39)36(32)21-22-9-8-16-33-20-22)28(37)23-12-14-24(15-13-23)43(41,42)34-18-6-3-7-19-34/h4-5,8-16,20,37H,2-3,6-7,17-19,21H2,1H3/b28-27+. The van der Waals surface area contributed by atoms with Gasteiger partial charge in [-0.25, -0.2) is 8.42 Å². The lowest BCUT2D eigenvalue weighted by molar-refractivity contribution is -0.144. The van der Waals surface area contributed by atoms with Gasteiger partial charge in [0.25, 0.3) is 17.6 Å². The number of nitrogens with zero attached hydrogens (tertiary/aromatic N) is 4. The summed E-state index contributed by atoms with van der Waals surface area (Å²) in [6, 6.07) is 16.0. The molecule has 1 N–H and O–H groups in total. The van der Waals surface area contributed by atoms with Crippen LogP contribution in [0.1, 0.15) is 49.3 Å². The van der Waals surface area contributed by atoms with E-state index >= 15 is 0 Å². The Morgan fingerprint density at radius 2 is 1.67 bits per heavy atom. The molecule has 11 heteroatoms. The molecular weight excluding hydrogens is 568 g/mol. The molecule has 2 aromatic carbocycles. The number of fused-ring (bicyclic) bond motifs is 2. The number of aliphatic hydroxyl groups excluding tert-OH is 1. The van der Waals surface area contributed by atoms with Crippen LogP contribution in [0.4, 0.5) is 5.69 Å². The van der Waals surface area contributed by atoms with E-state index in [1.54, 1.807) is 53.7 Å². The Morgan fingerprint density at radius 3 is 2.35 bits per heavy atom. The number of piperidine rings is 1. The number of pyridine rings is 1. The van der Waals surface area contributed by atoms with Crippen LogP contribution < -0.4 is 4.90 Å². The van der Waals surface area contributed by atoms with Gasteiger partial charge in [0.2, 0.25) is 10.0 Å². The fourth-order valence-electron chi connectivity index (χ4n) is 6.39. The molecule has 2 amide bonds. The lowest BCUT2D eigenvalue weighted by Gasteiger charge is -2.34. The van der Waals surface area contributed by atoms with Gasteiger partial charge in [-0.1, -0.05) is 37.6 Å². The van der Waals surface area contributed by atoms with Crippen molar-refractivity contribution in [1.82, 2.24) is 14.2 Å². The van der Waals surface area contributed by atoms with Crippen LogP contribution in [0, 0.1) is 0 Å². The average molecular weight is 601 g/mol. The minimum atomic E-state index is -3.73. The van der Waals surface area contributed by atoms with Crippen LogP contribution in [0.2, 0.25) is 0 Å². The SMILES string of the molecule is CCCN1C(=O)C2(/C(=C(/O)c3ccc(S(=O)(=O)N4CCCCC4)cc3)C(=O)C(=O)N2Cc2cccnc2)c2ccccc21. The maximum absolute atomic E-state index is 14.5. The van der Waals surface area contributed by atoms with E-state index in [-0.39, 0.29) is 22.6 Å². The third kappa shape index (κ3) is 4.45. The molecule has 1 aromatic heterocycles. The topological polar surface area (TPSA) is 128 Å². The smallest absolute Gasteiger partial charge is 0.296 e. The molecule has 1 spiro atoms. The van der Waals surface area contributed by atoms with E-state index in [0.29, 0.717) is 42.9 Å². The van der Waals surface area contributed by atoms with Crippen LogP contribution in [0.3, 0.4) is 0 Å². The highest BCUT2D eigenvalue weighted by atomic mass is 32.2. The average Bonchev–Trinajstić information content (AvgIpc) is 3.41. The number of anilines is 1. The number of hydrogen-bond donors (Lipinski definition) is 1. The molecule has 0 aliphatic carbocycles. The van der Waals surface area contributed by atoms with Crippen LogP contribution in [0.5, 0.6) is 0 Å². The maximum atomic E-state index is 14.5. The summed E-state index contributed by atoms with van der Waals surface area (Å²) in [7, 11) is -3.73. The minimum absolute atomic E-state index is 0.0640. The molecule has 3 aliphatic rings. The molecule has 0 saturated carbocycles. The van der Waals surface area contributed by atoms with Crippen molar-refractivity contribution in [2.45, 2.75) is 49.6 Å². The first kappa shape index (κ1) is 28.8. The second-order valence-electron chi connectivity index (χ2n) is 11.0. The van der Waals surface area contributed by atoms with Gasteiger partial charge in [-0.2, -0.15) is 4.31 Å². The maximum Gasteiger partial charge on any atom is 0.296 e. The number of aromatic nitrogens is 1. The highest BCUT2D eigenvalue weighted by Crippen LogP contribution is 2.54. The van der Waals surface area contributed by atoms with E-state index in [9.17, 15) is 27.9 Å². The Balaban J connectivity index is 1.52. The number of benzene rings is 2. The lowest BCUT2D eigenvalue weighted by Crippen LogP contribution is -2.51. The number of likely N-dealkylation sites (tertiary alicyclic amines) is 1. The molecule has 1 unspecified atom stereocenters. The van der Waals surface area contributed by atoms with E-state index in [2.05, 4.69) is 4.98 Å². The van der Waals surface area contributed by atoms with Crippen molar-refractivity contribution in [2.75, 3.05) is 24.5 Å². The van der Waals surface area contributed by atoms with Crippen molar-refractivity contribution in [3.8, 4) is 0 Å². The third-order valence-electron chi connectivity index (χ3n) is 8.40. The van der Waals surface area contributed by atoms with E-state index in [4.69, 9.17) is 0 Å². The molecular formula is C32H32N4O6S. The van der Waals surface area contributed by atoms with Crippen molar-refractivity contribution < 1.29 is 27.9 Å². The Labute approximate surface area is 250 Å². The summed E-state index contributed by atoms with van der Waals surface area (Å²) in [5.41, 5.74) is -0.558. The van der Waals surface area contributed by atoms with Crippen molar-refractivity contribution in [3.63, 3.8) is 0 Å². The van der Waals surface area contributed by atoms with Gasteiger partial charge in [0, 0.05) is 49.7 Å². The van der Waals surface area contributed by atoms with Crippen molar-refractivity contribution in [1.29, 1.82) is 0 Å². The fraction of sp³-hybridized carbons (Fsp3) is 0.312. The summed E-state index contributed by atoms with van der Waals surface area (Å²) < 4.78 is 27.9. The van der Waals surface area contributed by atoms with Crippen molar-refractivity contribution >= 4 is 39.1 Å². The number of Topliss-reactive ketones (excluding diaryl/α,β-unsaturated/α-hetero) is 1. The van der Waals surface area contributed by atoms with Gasteiger partial charge in [-0.15, -0.1) is 0 Å². The second-order valence-corrected chi connectivity index (χ2v) is 12.9. The van der Waals surface area contributed by atoms with E-state index in [0.717, 1.165) is 19.3 Å². The summed E-state index contributed by atoms with van der Waals surface area (Å²) in [4.78, 5) is 49.1. The van der Waals surface area contributed by atoms with Crippen LogP contribution >= 0.6 is 0 Å². The van der Waals surface area contributed by atoms with Crippen LogP contribution in [-0.4, -0.2) is 64.9 Å². The predicted molar refractivity (Wildman–Crippen MR) is 159 cm³/mol. The van der Waals surface area contributed by atoms with Gasteiger partial charge in [-0.3, -0.25) is 19.4 Å². The number of ketones is 1. The Hall–Kier alpha value is -4.35. The van der Waals surface area contributed by atoms with Gasteiger partial charge in [0.15, 0.2) is 5.54 Å². The zero-order chi connectivity index (χ0) is 30.4. The Kier molecular flexibility index (Phi) is 7.39. The molecule has 10 nitrogen and oxygen atoms in total. The minimum Gasteiger partial charge on any atom is -0.507 e. The van der Waals surface area contributed by atoms with Gasteiger partial charge < -0.3 is 14.9 Å². The van der Waals surface area contributed by atoms with Crippen LogP contribution in [-0.2, 0) is 36.5 Å². The summed E-state index contributed by atoms with van der Waals surface area (Å²) in [6.07, 6.45) is 6.34. The largest absolute Gasteiger partial charge is 0.507 e. The lowest BCUT2D eigenvalue weighted by atomic mass is 9.81. The van der Waals surface area contributed by atoms with Gasteiger partial charge in [0.05, 0.1) is 16.2 Å². The van der Waals surface area contributed by atoms with Crippen LogP contribution in [0.25, 0.3) is 5.76 Å². The number of aliphatic hydroxyl groups is 1. The molecule has 6 rings (SSSR count). The van der Waals surface area contributed by atoms with Crippen molar-refractivity contribution in [3.05, 3.63) is 95.3 Å².